The van der Waals surface area contributed by atoms with E-state index in [0.717, 1.165) is 17.8 Å². The van der Waals surface area contributed by atoms with Crippen molar-refractivity contribution in [1.82, 2.24) is 15.5 Å². The Kier molecular flexibility index (Phi) is 7.77. The molecule has 0 aliphatic heterocycles. The van der Waals surface area contributed by atoms with Crippen molar-refractivity contribution in [1.29, 1.82) is 0 Å². The molecule has 1 aromatic carbocycles. The van der Waals surface area contributed by atoms with Crippen molar-refractivity contribution >= 4 is 11.7 Å². The van der Waals surface area contributed by atoms with Gasteiger partial charge < -0.3 is 20.1 Å². The second-order valence-electron chi connectivity index (χ2n) is 6.46. The van der Waals surface area contributed by atoms with E-state index in [-0.39, 0.29) is 37.5 Å². The molecule has 10 heteroatoms. The molecule has 158 valence electrons. The number of aliphatic hydroxyl groups is 1. The van der Waals surface area contributed by atoms with Gasteiger partial charge in [-0.05, 0) is 37.1 Å². The molecule has 0 fully saturated rings. The summed E-state index contributed by atoms with van der Waals surface area (Å²) in [6, 6.07) is 7.24. The Morgan fingerprint density at radius 1 is 1.28 bits per heavy atom. The number of aliphatic hydroxyl groups excluding tert-OH is 1. The summed E-state index contributed by atoms with van der Waals surface area (Å²) in [5.41, 5.74) is -0.122. The third-order valence-corrected chi connectivity index (χ3v) is 4.36. The van der Waals surface area contributed by atoms with E-state index in [9.17, 15) is 18.0 Å². The molecule has 1 amide bonds. The summed E-state index contributed by atoms with van der Waals surface area (Å²) in [5, 5.41) is 18.8. The lowest BCUT2D eigenvalue weighted by Crippen LogP contribution is -2.36. The fourth-order valence-electron chi connectivity index (χ4n) is 2.52. The molecule has 0 saturated heterocycles. The maximum absolute atomic E-state index is 13.1. The molecule has 0 saturated carbocycles. The van der Waals surface area contributed by atoms with Crippen molar-refractivity contribution in [3.8, 4) is 5.75 Å². The van der Waals surface area contributed by atoms with E-state index in [1.807, 2.05) is 0 Å². The van der Waals surface area contributed by atoms with Crippen LogP contribution in [-0.2, 0) is 17.6 Å². The van der Waals surface area contributed by atoms with Crippen LogP contribution < -0.4 is 15.0 Å². The van der Waals surface area contributed by atoms with Crippen LogP contribution in [0.3, 0.4) is 0 Å². The summed E-state index contributed by atoms with van der Waals surface area (Å²) in [6.07, 6.45) is -3.12. The van der Waals surface area contributed by atoms with Crippen LogP contribution in [0.1, 0.15) is 24.5 Å². The maximum atomic E-state index is 13.1. The molecule has 2 rings (SSSR count). The minimum absolute atomic E-state index is 0.0770. The molecule has 0 radical (unpaired) electrons. The van der Waals surface area contributed by atoms with Crippen molar-refractivity contribution in [2.75, 3.05) is 25.1 Å². The predicted octanol–water partition coefficient (Wildman–Crippen LogP) is 2.40. The number of hydrogen-bond donors (Lipinski definition) is 2. The van der Waals surface area contributed by atoms with Crippen LogP contribution in [0.2, 0.25) is 0 Å². The zero-order valence-corrected chi connectivity index (χ0v) is 16.1. The average molecular weight is 412 g/mol. The number of alkyl halides is 3. The second-order valence-corrected chi connectivity index (χ2v) is 6.46. The van der Waals surface area contributed by atoms with E-state index in [4.69, 9.17) is 9.84 Å². The number of anilines is 1. The Bertz CT molecular complexity index is 800. The summed E-state index contributed by atoms with van der Waals surface area (Å²) in [5.74, 6) is -0.108. The number of ether oxygens (including phenoxy) is 1. The fourth-order valence-corrected chi connectivity index (χ4v) is 2.52. The van der Waals surface area contributed by atoms with E-state index in [2.05, 4.69) is 15.5 Å². The fraction of sp³-hybridized carbons (Fsp3) is 0.421. The monoisotopic (exact) mass is 412 g/mol. The number of benzene rings is 1. The van der Waals surface area contributed by atoms with Crippen LogP contribution in [0.4, 0.5) is 19.0 Å². The van der Waals surface area contributed by atoms with Crippen LogP contribution in [0.5, 0.6) is 5.75 Å². The van der Waals surface area contributed by atoms with Gasteiger partial charge in [-0.3, -0.25) is 4.79 Å². The molecule has 29 heavy (non-hydrogen) atoms. The SMILES string of the molecule is CC(CCNC(=O)COc1ccc(CO)cc1)N(C)c1nnccc1C(F)(F)F. The zero-order chi connectivity index (χ0) is 21.4. The highest BCUT2D eigenvalue weighted by Crippen LogP contribution is 2.35. The average Bonchev–Trinajstić information content (AvgIpc) is 2.71. The predicted molar refractivity (Wildman–Crippen MR) is 100 cm³/mol. The van der Waals surface area contributed by atoms with Gasteiger partial charge >= 0.3 is 6.18 Å². The standard InChI is InChI=1S/C19H23F3N4O3/c1-13(26(2)18-16(19(20,21)22)8-10-24-25-18)7-9-23-17(28)12-29-15-5-3-14(11-27)4-6-15/h3-6,8,10,13,27H,7,9,11-12H2,1-2H3,(H,23,28). The smallest absolute Gasteiger partial charge is 0.420 e. The Morgan fingerprint density at radius 3 is 2.59 bits per heavy atom. The molecular weight excluding hydrogens is 389 g/mol. The van der Waals surface area contributed by atoms with Crippen molar-refractivity contribution in [2.45, 2.75) is 32.2 Å². The lowest BCUT2D eigenvalue weighted by molar-refractivity contribution is -0.137. The number of hydrogen-bond acceptors (Lipinski definition) is 6. The Labute approximate surface area is 166 Å². The summed E-state index contributed by atoms with van der Waals surface area (Å²) < 4.78 is 44.7. The van der Waals surface area contributed by atoms with Crippen molar-refractivity contribution in [2.24, 2.45) is 0 Å². The van der Waals surface area contributed by atoms with Crippen molar-refractivity contribution in [3.05, 3.63) is 47.7 Å². The molecule has 1 aromatic heterocycles. The molecule has 0 aliphatic rings. The van der Waals surface area contributed by atoms with Crippen LogP contribution in [0, 0.1) is 0 Å². The summed E-state index contributed by atoms with van der Waals surface area (Å²) in [6.45, 7) is 1.73. The van der Waals surface area contributed by atoms with Gasteiger partial charge in [-0.15, -0.1) is 5.10 Å². The Balaban J connectivity index is 1.80. The number of halogens is 3. The van der Waals surface area contributed by atoms with Gasteiger partial charge in [-0.2, -0.15) is 18.3 Å². The number of rotatable bonds is 9. The molecule has 1 atom stereocenters. The van der Waals surface area contributed by atoms with Gasteiger partial charge in [-0.1, -0.05) is 12.1 Å². The maximum Gasteiger partial charge on any atom is 0.420 e. The number of nitrogens with zero attached hydrogens (tertiary/aromatic N) is 3. The number of aromatic nitrogens is 2. The first-order valence-corrected chi connectivity index (χ1v) is 8.93. The largest absolute Gasteiger partial charge is 0.484 e. The molecule has 2 N–H and O–H groups in total. The lowest BCUT2D eigenvalue weighted by atomic mass is 10.2. The van der Waals surface area contributed by atoms with Crippen LogP contribution in [0.25, 0.3) is 0 Å². The number of carbonyl (C=O) groups is 1. The third kappa shape index (κ3) is 6.60. The van der Waals surface area contributed by atoms with Gasteiger partial charge in [0, 0.05) is 19.6 Å². The first-order chi connectivity index (χ1) is 13.7. The number of carbonyl (C=O) groups excluding carboxylic acids is 1. The summed E-state index contributed by atoms with van der Waals surface area (Å²) >= 11 is 0. The first kappa shape index (κ1) is 22.4. The topological polar surface area (TPSA) is 87.6 Å². The Hall–Kier alpha value is -2.88. The molecule has 0 spiro atoms. The quantitative estimate of drug-likeness (QED) is 0.658. The molecule has 0 aliphatic carbocycles. The second kappa shape index (κ2) is 10.1. The van der Waals surface area contributed by atoms with Gasteiger partial charge in [0.1, 0.15) is 11.3 Å². The zero-order valence-electron chi connectivity index (χ0n) is 16.1. The van der Waals surface area contributed by atoms with Gasteiger partial charge in [0.25, 0.3) is 5.91 Å². The molecule has 1 unspecified atom stereocenters. The first-order valence-electron chi connectivity index (χ1n) is 8.93. The number of amides is 1. The highest BCUT2D eigenvalue weighted by atomic mass is 19.4. The van der Waals surface area contributed by atoms with E-state index in [0.29, 0.717) is 12.2 Å². The highest BCUT2D eigenvalue weighted by molar-refractivity contribution is 5.77. The van der Waals surface area contributed by atoms with E-state index in [1.165, 1.54) is 11.9 Å². The van der Waals surface area contributed by atoms with Gasteiger partial charge in [0.05, 0.1) is 12.8 Å². The van der Waals surface area contributed by atoms with Crippen molar-refractivity contribution < 1.29 is 27.8 Å². The van der Waals surface area contributed by atoms with E-state index >= 15 is 0 Å². The normalized spacial score (nSPS) is 12.3. The molecule has 0 bridgehead atoms. The summed E-state index contributed by atoms with van der Waals surface area (Å²) in [4.78, 5) is 13.3. The van der Waals surface area contributed by atoms with Crippen LogP contribution >= 0.6 is 0 Å². The molecular formula is C19H23F3N4O3. The van der Waals surface area contributed by atoms with E-state index in [1.54, 1.807) is 31.2 Å². The minimum atomic E-state index is -4.53. The van der Waals surface area contributed by atoms with Crippen LogP contribution in [0.15, 0.2) is 36.5 Å². The third-order valence-electron chi connectivity index (χ3n) is 4.36. The molecule has 7 nitrogen and oxygen atoms in total. The van der Waals surface area contributed by atoms with Gasteiger partial charge in [0.2, 0.25) is 0 Å². The lowest BCUT2D eigenvalue weighted by Gasteiger charge is -2.27. The Morgan fingerprint density at radius 2 is 1.97 bits per heavy atom. The van der Waals surface area contributed by atoms with Gasteiger partial charge in [0.15, 0.2) is 12.4 Å². The minimum Gasteiger partial charge on any atom is -0.484 e. The molecule has 1 heterocycles. The van der Waals surface area contributed by atoms with Crippen molar-refractivity contribution in [3.63, 3.8) is 0 Å². The summed E-state index contributed by atoms with van der Waals surface area (Å²) in [7, 11) is 1.50. The molecule has 2 aromatic rings. The van der Waals surface area contributed by atoms with E-state index < -0.39 is 11.7 Å². The number of nitrogens with one attached hydrogen (secondary N) is 1. The van der Waals surface area contributed by atoms with Crippen LogP contribution in [-0.4, -0.2) is 47.5 Å². The van der Waals surface area contributed by atoms with Gasteiger partial charge in [-0.25, -0.2) is 0 Å². The highest BCUT2D eigenvalue weighted by Gasteiger charge is 2.36.